The van der Waals surface area contributed by atoms with E-state index in [1.165, 1.54) is 16.9 Å². The Bertz CT molecular complexity index is 1410. The Labute approximate surface area is 193 Å². The summed E-state index contributed by atoms with van der Waals surface area (Å²) < 4.78 is 17.5. The van der Waals surface area contributed by atoms with E-state index in [1.54, 1.807) is 78.5 Å². The molecule has 0 spiro atoms. The number of urea groups is 1. The van der Waals surface area contributed by atoms with E-state index in [-0.39, 0.29) is 11.3 Å². The third kappa shape index (κ3) is 3.51. The predicted octanol–water partition coefficient (Wildman–Crippen LogP) is 3.11. The monoisotopic (exact) mass is 458 g/mol. The van der Waals surface area contributed by atoms with E-state index >= 15 is 0 Å². The van der Waals surface area contributed by atoms with Crippen molar-refractivity contribution in [1.29, 1.82) is 0 Å². The quantitative estimate of drug-likeness (QED) is 0.399. The number of aromatic nitrogens is 3. The minimum absolute atomic E-state index is 0.208. The summed E-state index contributed by atoms with van der Waals surface area (Å²) in [4.78, 5) is 36.8. The number of nitrogens with one attached hydrogen (secondary N) is 3. The minimum atomic E-state index is -1.19. The molecule has 1 fully saturated rings. The van der Waals surface area contributed by atoms with Gasteiger partial charge in [0, 0.05) is 18.1 Å². The van der Waals surface area contributed by atoms with Gasteiger partial charge in [-0.1, -0.05) is 24.3 Å². The maximum absolute atomic E-state index is 14.5. The lowest BCUT2D eigenvalue weighted by molar-refractivity contribution is -0.123. The van der Waals surface area contributed by atoms with Crippen LogP contribution in [0.5, 0.6) is 0 Å². The fourth-order valence-corrected chi connectivity index (χ4v) is 3.86. The van der Waals surface area contributed by atoms with E-state index in [0.717, 1.165) is 0 Å². The maximum atomic E-state index is 14.5. The predicted molar refractivity (Wildman–Crippen MR) is 121 cm³/mol. The molecule has 4 amide bonds. The molecule has 1 aliphatic heterocycles. The van der Waals surface area contributed by atoms with Crippen LogP contribution in [0.25, 0.3) is 11.5 Å². The molecule has 2 aromatic heterocycles. The summed E-state index contributed by atoms with van der Waals surface area (Å²) in [5, 5.41) is 11.9. The van der Waals surface area contributed by atoms with Gasteiger partial charge >= 0.3 is 6.03 Å². The summed E-state index contributed by atoms with van der Waals surface area (Å²) in [6.07, 6.45) is 4.86. The molecule has 1 saturated heterocycles. The smallest absolute Gasteiger partial charge is 0.322 e. The van der Waals surface area contributed by atoms with Crippen LogP contribution in [0, 0.1) is 5.82 Å². The zero-order chi connectivity index (χ0) is 23.9. The number of nitrogens with zero attached hydrogens (tertiary/aromatic N) is 3. The fourth-order valence-electron chi connectivity index (χ4n) is 3.86. The van der Waals surface area contributed by atoms with Gasteiger partial charge in [-0.25, -0.2) is 13.9 Å². The molecule has 3 heterocycles. The molecule has 0 saturated carbocycles. The Balaban J connectivity index is 1.45. The van der Waals surface area contributed by atoms with E-state index in [2.05, 4.69) is 21.0 Å². The number of para-hydroxylation sites is 1. The van der Waals surface area contributed by atoms with Crippen LogP contribution >= 0.6 is 0 Å². The lowest BCUT2D eigenvalue weighted by Crippen LogP contribution is -2.40. The van der Waals surface area contributed by atoms with Crippen LogP contribution < -0.4 is 16.0 Å². The minimum Gasteiger partial charge on any atom is -0.322 e. The second-order valence-corrected chi connectivity index (χ2v) is 7.90. The zero-order valence-corrected chi connectivity index (χ0v) is 17.9. The van der Waals surface area contributed by atoms with Gasteiger partial charge in [-0.2, -0.15) is 5.10 Å². The first-order valence-corrected chi connectivity index (χ1v) is 10.4. The zero-order valence-electron chi connectivity index (χ0n) is 17.9. The first kappa shape index (κ1) is 21.1. The van der Waals surface area contributed by atoms with Crippen LogP contribution in [0.2, 0.25) is 0 Å². The molecule has 2 aromatic carbocycles. The first-order chi connectivity index (χ1) is 16.4. The number of hydrogen-bond donors (Lipinski definition) is 3. The standard InChI is InChI=1S/C24H19FN6O3/c1-24(22(33)28-23(34)29-24)15-8-10-16(11-9-15)27-20(32)17-14-26-31(19-7-3-2-6-18(19)25)21(17)30-12-4-5-13-30/h2-14H,1H3,(H,27,32)(H2,28,29,33,34). The van der Waals surface area contributed by atoms with Gasteiger partial charge in [0.1, 0.15) is 22.6 Å². The van der Waals surface area contributed by atoms with E-state index in [0.29, 0.717) is 17.1 Å². The second kappa shape index (κ2) is 8.00. The molecular formula is C24H19FN6O3. The Morgan fingerprint density at radius 2 is 1.74 bits per heavy atom. The van der Waals surface area contributed by atoms with E-state index in [9.17, 15) is 18.8 Å². The van der Waals surface area contributed by atoms with Gasteiger partial charge in [-0.15, -0.1) is 0 Å². The SMILES string of the molecule is CC1(c2ccc(NC(=O)c3cnn(-c4ccccc4F)c3-n3cccc3)cc2)NC(=O)NC1=O. The Kier molecular flexibility index (Phi) is 4.97. The molecule has 1 aliphatic rings. The summed E-state index contributed by atoms with van der Waals surface area (Å²) in [6.45, 7) is 1.60. The lowest BCUT2D eigenvalue weighted by Gasteiger charge is -2.21. The molecule has 10 heteroatoms. The van der Waals surface area contributed by atoms with Gasteiger partial charge in [-0.05, 0) is 48.9 Å². The van der Waals surface area contributed by atoms with Gasteiger partial charge in [0.05, 0.1) is 6.20 Å². The number of hydrogen-bond acceptors (Lipinski definition) is 4. The van der Waals surface area contributed by atoms with Crippen molar-refractivity contribution < 1.29 is 18.8 Å². The van der Waals surface area contributed by atoms with E-state index in [4.69, 9.17) is 0 Å². The van der Waals surface area contributed by atoms with Crippen LogP contribution in [0.1, 0.15) is 22.8 Å². The number of imide groups is 1. The van der Waals surface area contributed by atoms with Crippen molar-refractivity contribution in [2.45, 2.75) is 12.5 Å². The van der Waals surface area contributed by atoms with Gasteiger partial charge in [0.15, 0.2) is 5.82 Å². The Hall–Kier alpha value is -4.73. The highest BCUT2D eigenvalue weighted by Gasteiger charge is 2.43. The van der Waals surface area contributed by atoms with Crippen LogP contribution in [0.3, 0.4) is 0 Å². The lowest BCUT2D eigenvalue weighted by atomic mass is 9.92. The topological polar surface area (TPSA) is 110 Å². The summed E-state index contributed by atoms with van der Waals surface area (Å²) in [6, 6.07) is 15.8. The molecule has 34 heavy (non-hydrogen) atoms. The number of anilines is 1. The molecule has 0 aliphatic carbocycles. The Morgan fingerprint density at radius 3 is 2.38 bits per heavy atom. The first-order valence-electron chi connectivity index (χ1n) is 10.4. The normalized spacial score (nSPS) is 17.4. The number of carbonyl (C=O) groups excluding carboxylic acids is 3. The van der Waals surface area contributed by atoms with Crippen molar-refractivity contribution in [1.82, 2.24) is 25.0 Å². The molecule has 0 bridgehead atoms. The van der Waals surface area contributed by atoms with Gasteiger partial charge in [-0.3, -0.25) is 14.9 Å². The van der Waals surface area contributed by atoms with Gasteiger partial charge in [0.2, 0.25) is 0 Å². The third-order valence-electron chi connectivity index (χ3n) is 5.68. The molecule has 0 radical (unpaired) electrons. The van der Waals surface area contributed by atoms with Crippen molar-refractivity contribution in [3.05, 3.63) is 96.2 Å². The molecule has 3 N–H and O–H groups in total. The molecule has 170 valence electrons. The number of carbonyl (C=O) groups is 3. The molecule has 4 aromatic rings. The highest BCUT2D eigenvalue weighted by Crippen LogP contribution is 2.27. The highest BCUT2D eigenvalue weighted by atomic mass is 19.1. The van der Waals surface area contributed by atoms with Crippen molar-refractivity contribution in [2.24, 2.45) is 0 Å². The number of rotatable bonds is 5. The van der Waals surface area contributed by atoms with Gasteiger partial charge < -0.3 is 15.2 Å². The maximum Gasteiger partial charge on any atom is 0.322 e. The summed E-state index contributed by atoms with van der Waals surface area (Å²) in [7, 11) is 0. The van der Waals surface area contributed by atoms with Crippen LogP contribution in [-0.4, -0.2) is 32.2 Å². The highest BCUT2D eigenvalue weighted by molar-refractivity contribution is 6.08. The molecule has 1 unspecified atom stereocenters. The number of benzene rings is 2. The summed E-state index contributed by atoms with van der Waals surface area (Å²) in [5.74, 6) is -0.997. The average molecular weight is 458 g/mol. The molecule has 9 nitrogen and oxygen atoms in total. The van der Waals surface area contributed by atoms with E-state index < -0.39 is 29.2 Å². The van der Waals surface area contributed by atoms with Crippen molar-refractivity contribution in [3.63, 3.8) is 0 Å². The van der Waals surface area contributed by atoms with Crippen molar-refractivity contribution >= 4 is 23.5 Å². The third-order valence-corrected chi connectivity index (χ3v) is 5.68. The summed E-state index contributed by atoms with van der Waals surface area (Å²) >= 11 is 0. The number of amides is 4. The largest absolute Gasteiger partial charge is 0.322 e. The average Bonchev–Trinajstić information content (AvgIpc) is 3.54. The molecular weight excluding hydrogens is 439 g/mol. The second-order valence-electron chi connectivity index (χ2n) is 7.90. The van der Waals surface area contributed by atoms with Crippen LogP contribution in [0.15, 0.2) is 79.3 Å². The van der Waals surface area contributed by atoms with Gasteiger partial charge in [0.25, 0.3) is 11.8 Å². The van der Waals surface area contributed by atoms with E-state index in [1.807, 2.05) is 0 Å². The number of halogens is 1. The van der Waals surface area contributed by atoms with Crippen LogP contribution in [-0.2, 0) is 10.3 Å². The molecule has 5 rings (SSSR count). The van der Waals surface area contributed by atoms with Crippen molar-refractivity contribution in [3.8, 4) is 11.5 Å². The fraction of sp³-hybridized carbons (Fsp3) is 0.0833. The Morgan fingerprint density at radius 1 is 1.03 bits per heavy atom. The van der Waals surface area contributed by atoms with Crippen molar-refractivity contribution in [2.75, 3.05) is 5.32 Å². The molecule has 1 atom stereocenters. The summed E-state index contributed by atoms with van der Waals surface area (Å²) in [5.41, 5.74) is 0.286. The van der Waals surface area contributed by atoms with Crippen LogP contribution in [0.4, 0.5) is 14.9 Å².